The van der Waals surface area contributed by atoms with Crippen LogP contribution in [0.5, 0.6) is 0 Å². The van der Waals surface area contributed by atoms with E-state index in [4.69, 9.17) is 0 Å². The van der Waals surface area contributed by atoms with E-state index in [9.17, 15) is 14.4 Å². The van der Waals surface area contributed by atoms with E-state index in [1.165, 1.54) is 10.5 Å². The molecule has 1 heterocycles. The highest BCUT2D eigenvalue weighted by Gasteiger charge is 2.36. The number of nitrogens with zero attached hydrogens (tertiary/aromatic N) is 3. The van der Waals surface area contributed by atoms with E-state index < -0.39 is 0 Å². The molecule has 0 saturated carbocycles. The van der Waals surface area contributed by atoms with Gasteiger partial charge >= 0.3 is 0 Å². The van der Waals surface area contributed by atoms with Crippen molar-refractivity contribution in [1.82, 2.24) is 9.80 Å². The SMILES string of the molecule is CCc1ccc(N2CC(C(=O)N(CC)Cc3ccc(C(=O)N(C)C)cc3)CC2=O)cc1. The third-order valence-corrected chi connectivity index (χ3v) is 5.80. The van der Waals surface area contributed by atoms with E-state index in [0.717, 1.165) is 17.7 Å². The molecule has 1 atom stereocenters. The molecule has 0 N–H and O–H groups in total. The molecule has 164 valence electrons. The van der Waals surface area contributed by atoms with Crippen molar-refractivity contribution in [2.45, 2.75) is 33.2 Å². The Morgan fingerprint density at radius 3 is 2.13 bits per heavy atom. The largest absolute Gasteiger partial charge is 0.345 e. The minimum atomic E-state index is -0.340. The van der Waals surface area contributed by atoms with Gasteiger partial charge in [-0.2, -0.15) is 0 Å². The number of hydrogen-bond acceptors (Lipinski definition) is 3. The fourth-order valence-corrected chi connectivity index (χ4v) is 3.87. The molecule has 31 heavy (non-hydrogen) atoms. The lowest BCUT2D eigenvalue weighted by Gasteiger charge is -2.24. The fraction of sp³-hybridized carbons (Fsp3) is 0.400. The molecule has 0 bridgehead atoms. The van der Waals surface area contributed by atoms with Gasteiger partial charge in [0.25, 0.3) is 5.91 Å². The van der Waals surface area contributed by atoms with Crippen LogP contribution in [0.4, 0.5) is 5.69 Å². The first-order chi connectivity index (χ1) is 14.8. The number of aryl methyl sites for hydroxylation is 1. The molecule has 6 nitrogen and oxygen atoms in total. The number of benzene rings is 2. The predicted molar refractivity (Wildman–Crippen MR) is 122 cm³/mol. The molecule has 2 aromatic carbocycles. The van der Waals surface area contributed by atoms with Gasteiger partial charge < -0.3 is 14.7 Å². The summed E-state index contributed by atoms with van der Waals surface area (Å²) in [6.45, 7) is 5.47. The zero-order valence-corrected chi connectivity index (χ0v) is 18.8. The number of anilines is 1. The van der Waals surface area contributed by atoms with Crippen molar-refractivity contribution in [1.29, 1.82) is 0 Å². The lowest BCUT2D eigenvalue weighted by molar-refractivity contribution is -0.136. The molecule has 1 aliphatic heterocycles. The summed E-state index contributed by atoms with van der Waals surface area (Å²) in [5, 5.41) is 0. The zero-order valence-electron chi connectivity index (χ0n) is 18.8. The molecule has 1 fully saturated rings. The number of rotatable bonds is 7. The fourth-order valence-electron chi connectivity index (χ4n) is 3.87. The molecule has 3 amide bonds. The van der Waals surface area contributed by atoms with Gasteiger partial charge in [0.2, 0.25) is 11.8 Å². The summed E-state index contributed by atoms with van der Waals surface area (Å²) in [5.41, 5.74) is 3.65. The summed E-state index contributed by atoms with van der Waals surface area (Å²) in [6.07, 6.45) is 1.19. The van der Waals surface area contributed by atoms with Crippen molar-refractivity contribution in [3.63, 3.8) is 0 Å². The number of hydrogen-bond donors (Lipinski definition) is 0. The molecule has 0 aromatic heterocycles. The van der Waals surface area contributed by atoms with Gasteiger partial charge in [-0.15, -0.1) is 0 Å². The smallest absolute Gasteiger partial charge is 0.253 e. The minimum Gasteiger partial charge on any atom is -0.345 e. The second-order valence-electron chi connectivity index (χ2n) is 8.17. The highest BCUT2D eigenvalue weighted by atomic mass is 16.2. The van der Waals surface area contributed by atoms with E-state index in [-0.39, 0.29) is 30.1 Å². The Morgan fingerprint density at radius 2 is 1.58 bits per heavy atom. The van der Waals surface area contributed by atoms with Crippen LogP contribution in [0, 0.1) is 5.92 Å². The first-order valence-corrected chi connectivity index (χ1v) is 10.8. The van der Waals surface area contributed by atoms with Crippen molar-refractivity contribution >= 4 is 23.4 Å². The van der Waals surface area contributed by atoms with Gasteiger partial charge in [0, 0.05) is 51.4 Å². The molecule has 6 heteroatoms. The lowest BCUT2D eigenvalue weighted by atomic mass is 10.1. The van der Waals surface area contributed by atoms with Crippen LogP contribution in [0.2, 0.25) is 0 Å². The normalized spacial score (nSPS) is 15.8. The summed E-state index contributed by atoms with van der Waals surface area (Å²) in [4.78, 5) is 42.8. The molecule has 2 aromatic rings. The first kappa shape index (κ1) is 22.5. The maximum absolute atomic E-state index is 13.2. The molecule has 0 aliphatic carbocycles. The summed E-state index contributed by atoms with van der Waals surface area (Å²) < 4.78 is 0. The summed E-state index contributed by atoms with van der Waals surface area (Å²) in [5.74, 6) is -0.401. The average molecular weight is 422 g/mol. The summed E-state index contributed by atoms with van der Waals surface area (Å²) in [6, 6.07) is 15.3. The van der Waals surface area contributed by atoms with E-state index in [2.05, 4.69) is 6.92 Å². The van der Waals surface area contributed by atoms with Crippen LogP contribution in [0.3, 0.4) is 0 Å². The van der Waals surface area contributed by atoms with Crippen molar-refractivity contribution < 1.29 is 14.4 Å². The molecule has 1 unspecified atom stereocenters. The van der Waals surface area contributed by atoms with Gasteiger partial charge in [-0.05, 0) is 48.7 Å². The molecule has 1 aliphatic rings. The van der Waals surface area contributed by atoms with Crippen LogP contribution in [-0.4, -0.2) is 54.7 Å². The van der Waals surface area contributed by atoms with Crippen molar-refractivity contribution in [2.75, 3.05) is 32.1 Å². The topological polar surface area (TPSA) is 60.9 Å². The van der Waals surface area contributed by atoms with Crippen LogP contribution in [0.15, 0.2) is 48.5 Å². The van der Waals surface area contributed by atoms with Crippen molar-refractivity contribution in [2.24, 2.45) is 5.92 Å². The monoisotopic (exact) mass is 421 g/mol. The second-order valence-corrected chi connectivity index (χ2v) is 8.17. The maximum atomic E-state index is 13.2. The maximum Gasteiger partial charge on any atom is 0.253 e. The molecular weight excluding hydrogens is 390 g/mol. The Morgan fingerprint density at radius 1 is 0.968 bits per heavy atom. The lowest BCUT2D eigenvalue weighted by Crippen LogP contribution is -2.37. The Hall–Kier alpha value is -3.15. The summed E-state index contributed by atoms with van der Waals surface area (Å²) in [7, 11) is 3.44. The van der Waals surface area contributed by atoms with E-state index >= 15 is 0 Å². The third kappa shape index (κ3) is 5.13. The minimum absolute atomic E-state index is 0.00280. The van der Waals surface area contributed by atoms with Crippen molar-refractivity contribution in [3.8, 4) is 0 Å². The molecule has 0 spiro atoms. The van der Waals surface area contributed by atoms with Gasteiger partial charge in [0.15, 0.2) is 0 Å². The number of carbonyl (C=O) groups excluding carboxylic acids is 3. The van der Waals surface area contributed by atoms with E-state index in [1.54, 1.807) is 36.0 Å². The zero-order chi connectivity index (χ0) is 22.5. The molecule has 3 rings (SSSR count). The van der Waals surface area contributed by atoms with Crippen LogP contribution in [0.25, 0.3) is 0 Å². The Labute approximate surface area is 184 Å². The first-order valence-electron chi connectivity index (χ1n) is 10.8. The Kier molecular flexibility index (Phi) is 7.10. The molecule has 0 radical (unpaired) electrons. The van der Waals surface area contributed by atoms with Gasteiger partial charge in [-0.1, -0.05) is 31.2 Å². The average Bonchev–Trinajstić information content (AvgIpc) is 3.18. The second kappa shape index (κ2) is 9.77. The molecular formula is C25H31N3O3. The van der Waals surface area contributed by atoms with E-state index in [0.29, 0.717) is 25.2 Å². The van der Waals surface area contributed by atoms with Crippen LogP contribution in [0.1, 0.15) is 41.8 Å². The van der Waals surface area contributed by atoms with E-state index in [1.807, 2.05) is 43.3 Å². The third-order valence-electron chi connectivity index (χ3n) is 5.80. The Balaban J connectivity index is 1.66. The van der Waals surface area contributed by atoms with Crippen LogP contribution in [-0.2, 0) is 22.6 Å². The molecule has 1 saturated heterocycles. The quantitative estimate of drug-likeness (QED) is 0.689. The van der Waals surface area contributed by atoms with Gasteiger partial charge in [0.05, 0.1) is 5.92 Å². The van der Waals surface area contributed by atoms with Gasteiger partial charge in [0.1, 0.15) is 0 Å². The predicted octanol–water partition coefficient (Wildman–Crippen LogP) is 3.35. The van der Waals surface area contributed by atoms with Gasteiger partial charge in [-0.3, -0.25) is 14.4 Å². The number of carbonyl (C=O) groups is 3. The van der Waals surface area contributed by atoms with Gasteiger partial charge in [-0.25, -0.2) is 0 Å². The number of amides is 3. The van der Waals surface area contributed by atoms with Crippen LogP contribution < -0.4 is 4.90 Å². The van der Waals surface area contributed by atoms with Crippen LogP contribution >= 0.6 is 0 Å². The van der Waals surface area contributed by atoms with Crippen molar-refractivity contribution in [3.05, 3.63) is 65.2 Å². The standard InChI is InChI=1S/C25H31N3O3/c1-5-18-9-13-22(14-10-18)28-17-21(15-23(28)29)25(31)27(6-2)16-19-7-11-20(12-8-19)24(30)26(3)4/h7-14,21H,5-6,15-17H2,1-4H3. The summed E-state index contributed by atoms with van der Waals surface area (Å²) >= 11 is 0. The Bertz CT molecular complexity index is 935. The highest BCUT2D eigenvalue weighted by Crippen LogP contribution is 2.27. The highest BCUT2D eigenvalue weighted by molar-refractivity contribution is 6.00.